The van der Waals surface area contributed by atoms with Gasteiger partial charge in [-0.2, -0.15) is 0 Å². The first kappa shape index (κ1) is 30.0. The lowest BCUT2D eigenvalue weighted by atomic mass is 9.48. The number of aliphatic hydroxyl groups is 2. The van der Waals surface area contributed by atoms with E-state index in [0.29, 0.717) is 12.8 Å². The van der Waals surface area contributed by atoms with Crippen LogP contribution in [0.4, 0.5) is 0 Å². The lowest BCUT2D eigenvalue weighted by molar-refractivity contribution is -0.189. The highest BCUT2D eigenvalue weighted by molar-refractivity contribution is 5.89. The van der Waals surface area contributed by atoms with Crippen LogP contribution >= 0.6 is 0 Å². The summed E-state index contributed by atoms with van der Waals surface area (Å²) in [6, 6.07) is 9.75. The second-order valence-electron chi connectivity index (χ2n) is 13.5. The Morgan fingerprint density at radius 1 is 1.12 bits per heavy atom. The zero-order valence-corrected chi connectivity index (χ0v) is 25.2. The standard InChI is InChI=1S/C33H45NO7/c1-19-12-11-15-23-28-32(7,41-30(4,5)40-28)20(2)26-24(18-22-13-9-8-10-14-22)34-29(37)33(23,26)25(39-21(3)35)16-17-31(6,38)27(19)36/h8-11,13-17,19-20,23-28,36,38H,12,18H2,1-7H3,(H,34,37)/b15-11+,17-16+/t19-,20-,23-,24-,25+,26-,27+,28-,31+,32+,33-/m0/s1. The van der Waals surface area contributed by atoms with E-state index in [4.69, 9.17) is 14.2 Å². The number of benzene rings is 1. The van der Waals surface area contributed by atoms with Gasteiger partial charge in [0, 0.05) is 24.8 Å². The van der Waals surface area contributed by atoms with E-state index in [1.54, 1.807) is 6.08 Å². The molecule has 0 bridgehead atoms. The summed E-state index contributed by atoms with van der Waals surface area (Å²) in [6.45, 7) is 12.7. The number of fused-ring (bicyclic) bond motifs is 2. The van der Waals surface area contributed by atoms with Crippen molar-refractivity contribution in [1.82, 2.24) is 5.32 Å². The number of nitrogens with one attached hydrogen (secondary N) is 1. The van der Waals surface area contributed by atoms with Gasteiger partial charge < -0.3 is 29.7 Å². The van der Waals surface area contributed by atoms with Crippen LogP contribution in [-0.2, 0) is 30.2 Å². The fourth-order valence-electron chi connectivity index (χ4n) is 8.24. The Morgan fingerprint density at radius 2 is 1.80 bits per heavy atom. The van der Waals surface area contributed by atoms with Gasteiger partial charge in [0.25, 0.3) is 0 Å². The first-order valence-corrected chi connectivity index (χ1v) is 14.8. The van der Waals surface area contributed by atoms with Crippen molar-refractivity contribution in [2.75, 3.05) is 0 Å². The molecule has 8 nitrogen and oxygen atoms in total. The molecule has 2 aliphatic heterocycles. The number of carbonyl (C=O) groups is 2. The molecular formula is C33H45NO7. The predicted octanol–water partition coefficient (Wildman–Crippen LogP) is 3.70. The Balaban J connectivity index is 1.76. The van der Waals surface area contributed by atoms with Crippen LogP contribution in [0.25, 0.3) is 0 Å². The van der Waals surface area contributed by atoms with Crippen molar-refractivity contribution >= 4 is 11.9 Å². The van der Waals surface area contributed by atoms with Gasteiger partial charge in [-0.05, 0) is 64.0 Å². The van der Waals surface area contributed by atoms with Gasteiger partial charge in [0.15, 0.2) is 5.79 Å². The van der Waals surface area contributed by atoms with E-state index < -0.39 is 52.6 Å². The van der Waals surface area contributed by atoms with Crippen LogP contribution in [0.2, 0.25) is 0 Å². The maximum atomic E-state index is 14.6. The molecule has 8 heteroatoms. The zero-order valence-electron chi connectivity index (χ0n) is 25.2. The van der Waals surface area contributed by atoms with Gasteiger partial charge in [0.2, 0.25) is 5.91 Å². The maximum absolute atomic E-state index is 14.6. The number of esters is 1. The molecule has 1 spiro atoms. The van der Waals surface area contributed by atoms with Gasteiger partial charge in [-0.3, -0.25) is 9.59 Å². The minimum Gasteiger partial charge on any atom is -0.457 e. The fraction of sp³-hybridized carbons (Fsp3) is 0.636. The van der Waals surface area contributed by atoms with Gasteiger partial charge in [-0.1, -0.05) is 62.4 Å². The Kier molecular flexibility index (Phi) is 7.55. The van der Waals surface area contributed by atoms with E-state index in [9.17, 15) is 19.8 Å². The summed E-state index contributed by atoms with van der Waals surface area (Å²) < 4.78 is 19.3. The number of carbonyl (C=O) groups excluding carboxylic acids is 2. The highest BCUT2D eigenvalue weighted by atomic mass is 16.8. The molecule has 2 aliphatic carbocycles. The van der Waals surface area contributed by atoms with Gasteiger partial charge in [0.05, 0.1) is 17.8 Å². The third-order valence-electron chi connectivity index (χ3n) is 10.1. The number of aliphatic hydroxyl groups excluding tert-OH is 1. The number of allylic oxidation sites excluding steroid dienone is 1. The van der Waals surface area contributed by atoms with Crippen molar-refractivity contribution in [1.29, 1.82) is 0 Å². The zero-order chi connectivity index (χ0) is 30.0. The molecule has 5 rings (SSSR count). The molecule has 0 aromatic heterocycles. The number of hydrogen-bond donors (Lipinski definition) is 3. The van der Waals surface area contributed by atoms with Crippen LogP contribution in [0.3, 0.4) is 0 Å². The van der Waals surface area contributed by atoms with Crippen LogP contribution in [0.15, 0.2) is 54.6 Å². The minimum atomic E-state index is -1.61. The van der Waals surface area contributed by atoms with E-state index in [1.807, 2.05) is 63.3 Å². The van der Waals surface area contributed by atoms with Crippen LogP contribution in [0.5, 0.6) is 0 Å². The van der Waals surface area contributed by atoms with Crippen molar-refractivity contribution in [3.8, 4) is 0 Å². The van der Waals surface area contributed by atoms with Crippen LogP contribution in [-0.4, -0.2) is 63.4 Å². The summed E-state index contributed by atoms with van der Waals surface area (Å²) in [5, 5.41) is 25.6. The van der Waals surface area contributed by atoms with E-state index in [2.05, 4.69) is 19.2 Å². The van der Waals surface area contributed by atoms with E-state index in [1.165, 1.54) is 19.9 Å². The molecule has 3 fully saturated rings. The Labute approximate surface area is 243 Å². The third kappa shape index (κ3) is 4.86. The molecule has 224 valence electrons. The lowest BCUT2D eigenvalue weighted by Gasteiger charge is -2.56. The van der Waals surface area contributed by atoms with Crippen molar-refractivity contribution < 1.29 is 34.0 Å². The second-order valence-corrected chi connectivity index (χ2v) is 13.5. The Bertz CT molecular complexity index is 1230. The summed E-state index contributed by atoms with van der Waals surface area (Å²) in [5.74, 6) is -2.97. The molecule has 2 saturated heterocycles. The molecule has 1 aromatic carbocycles. The monoisotopic (exact) mass is 567 g/mol. The van der Waals surface area contributed by atoms with E-state index >= 15 is 0 Å². The van der Waals surface area contributed by atoms with E-state index in [-0.39, 0.29) is 29.7 Å². The average molecular weight is 568 g/mol. The molecule has 4 aliphatic rings. The number of ether oxygens (including phenoxy) is 3. The Hall–Kier alpha value is -2.52. The fourth-order valence-corrected chi connectivity index (χ4v) is 8.24. The first-order valence-electron chi connectivity index (χ1n) is 14.8. The molecule has 0 radical (unpaired) electrons. The van der Waals surface area contributed by atoms with E-state index in [0.717, 1.165) is 5.56 Å². The van der Waals surface area contributed by atoms with Crippen LogP contribution in [0.1, 0.15) is 60.5 Å². The molecule has 1 saturated carbocycles. The molecule has 0 unspecified atom stereocenters. The summed E-state index contributed by atoms with van der Waals surface area (Å²) in [6.07, 6.45) is 5.50. The number of hydrogen-bond acceptors (Lipinski definition) is 7. The Morgan fingerprint density at radius 3 is 2.46 bits per heavy atom. The van der Waals surface area contributed by atoms with Crippen molar-refractivity contribution in [2.24, 2.45) is 29.1 Å². The molecular weight excluding hydrogens is 522 g/mol. The second kappa shape index (κ2) is 10.3. The largest absolute Gasteiger partial charge is 0.457 e. The molecule has 11 atom stereocenters. The quantitative estimate of drug-likeness (QED) is 0.377. The van der Waals surface area contributed by atoms with Crippen LogP contribution < -0.4 is 5.32 Å². The van der Waals surface area contributed by atoms with Crippen molar-refractivity contribution in [3.63, 3.8) is 0 Å². The van der Waals surface area contributed by atoms with Gasteiger partial charge in [0.1, 0.15) is 17.1 Å². The number of rotatable bonds is 3. The highest BCUT2D eigenvalue weighted by Crippen LogP contribution is 2.64. The third-order valence-corrected chi connectivity index (χ3v) is 10.1. The first-order chi connectivity index (χ1) is 19.1. The summed E-state index contributed by atoms with van der Waals surface area (Å²) in [7, 11) is 0. The van der Waals surface area contributed by atoms with Gasteiger partial charge >= 0.3 is 5.97 Å². The molecule has 41 heavy (non-hydrogen) atoms. The number of amides is 1. The summed E-state index contributed by atoms with van der Waals surface area (Å²) in [4.78, 5) is 27.3. The molecule has 3 N–H and O–H groups in total. The van der Waals surface area contributed by atoms with Crippen molar-refractivity contribution in [3.05, 3.63) is 60.2 Å². The van der Waals surface area contributed by atoms with Gasteiger partial charge in [-0.25, -0.2) is 0 Å². The summed E-state index contributed by atoms with van der Waals surface area (Å²) >= 11 is 0. The highest BCUT2D eigenvalue weighted by Gasteiger charge is 2.75. The SMILES string of the molecule is CC(=O)O[C@@H]1/C=C/[C@@](C)(O)[C@H](O)[C@@H](C)C/C=C/[C@H]2[C@@H]3OC(C)(C)O[C@]3(C)[C@@H](C)[C@H]3[C@H](Cc4ccccc4)NC(=O)[C@]312. The topological polar surface area (TPSA) is 114 Å². The molecule has 2 heterocycles. The average Bonchev–Trinajstić information content (AvgIpc) is 3.32. The molecule has 1 amide bonds. The smallest absolute Gasteiger partial charge is 0.303 e. The molecule has 1 aromatic rings. The minimum absolute atomic E-state index is 0.187. The van der Waals surface area contributed by atoms with Gasteiger partial charge in [-0.15, -0.1) is 0 Å². The van der Waals surface area contributed by atoms with Crippen molar-refractivity contribution in [2.45, 2.75) is 103 Å². The summed E-state index contributed by atoms with van der Waals surface area (Å²) in [5.41, 5.74) is -2.53. The predicted molar refractivity (Wildman–Crippen MR) is 153 cm³/mol. The normalized spacial score (nSPS) is 46.7. The maximum Gasteiger partial charge on any atom is 0.303 e. The lowest BCUT2D eigenvalue weighted by Crippen LogP contribution is -2.67. The van der Waals surface area contributed by atoms with Crippen LogP contribution in [0, 0.1) is 29.1 Å².